The Bertz CT molecular complexity index is 566. The van der Waals surface area contributed by atoms with Crippen LogP contribution in [0.5, 0.6) is 0 Å². The van der Waals surface area contributed by atoms with Crippen molar-refractivity contribution in [2.24, 2.45) is 11.8 Å². The number of carbonyl (C=O) groups excluding carboxylic acids is 1. The van der Waals surface area contributed by atoms with E-state index in [0.29, 0.717) is 24.9 Å². The molecule has 7 heteroatoms. The Labute approximate surface area is 114 Å². The third kappa shape index (κ3) is 2.24. The summed E-state index contributed by atoms with van der Waals surface area (Å²) in [6.45, 7) is 3.02. The molecule has 20 heavy (non-hydrogen) atoms. The number of fused-ring (bicyclic) bond motifs is 1. The standard InChI is InChI=1S/C13H14FN3O3/c14-11-1-8(2-12(3-11)17(19)20)13(18)16-6-9-4-15-5-10(9)7-16/h1-3,9-10,15H,4-7H2. The number of amides is 1. The van der Waals surface area contributed by atoms with E-state index in [0.717, 1.165) is 31.3 Å². The molecule has 1 N–H and O–H groups in total. The van der Waals surface area contributed by atoms with Crippen molar-refractivity contribution in [2.75, 3.05) is 26.2 Å². The molecule has 0 aliphatic carbocycles. The minimum atomic E-state index is -0.761. The Morgan fingerprint density at radius 2 is 1.95 bits per heavy atom. The van der Waals surface area contributed by atoms with Gasteiger partial charge in [0, 0.05) is 37.8 Å². The molecule has 2 saturated heterocycles. The smallest absolute Gasteiger partial charge is 0.273 e. The molecule has 0 aromatic heterocycles. The number of benzene rings is 1. The zero-order valence-corrected chi connectivity index (χ0v) is 10.7. The van der Waals surface area contributed by atoms with Gasteiger partial charge in [0.05, 0.1) is 11.0 Å². The molecule has 3 rings (SSSR count). The van der Waals surface area contributed by atoms with Crippen LogP contribution >= 0.6 is 0 Å². The molecule has 2 unspecified atom stereocenters. The minimum absolute atomic E-state index is 0.0460. The number of nitro groups is 1. The van der Waals surface area contributed by atoms with Crippen LogP contribution in [0.3, 0.4) is 0 Å². The summed E-state index contributed by atoms with van der Waals surface area (Å²) in [4.78, 5) is 24.0. The molecular formula is C13H14FN3O3. The number of hydrogen-bond acceptors (Lipinski definition) is 4. The first-order valence-corrected chi connectivity index (χ1v) is 6.49. The Kier molecular flexibility index (Phi) is 3.13. The van der Waals surface area contributed by atoms with Crippen LogP contribution in [0.15, 0.2) is 18.2 Å². The summed E-state index contributed by atoms with van der Waals surface area (Å²) in [5.41, 5.74) is -0.348. The summed E-state index contributed by atoms with van der Waals surface area (Å²) in [6, 6.07) is 3.01. The van der Waals surface area contributed by atoms with Crippen molar-refractivity contribution in [3.05, 3.63) is 39.7 Å². The van der Waals surface area contributed by atoms with Gasteiger partial charge in [-0.1, -0.05) is 0 Å². The molecule has 2 atom stereocenters. The Morgan fingerprint density at radius 3 is 2.55 bits per heavy atom. The second-order valence-electron chi connectivity index (χ2n) is 5.34. The van der Waals surface area contributed by atoms with Crippen molar-refractivity contribution in [1.29, 1.82) is 0 Å². The summed E-state index contributed by atoms with van der Waals surface area (Å²) in [7, 11) is 0. The molecule has 0 bridgehead atoms. The van der Waals surface area contributed by atoms with Crippen molar-refractivity contribution in [1.82, 2.24) is 10.2 Å². The lowest BCUT2D eigenvalue weighted by molar-refractivity contribution is -0.385. The van der Waals surface area contributed by atoms with Crippen LogP contribution in [-0.4, -0.2) is 41.9 Å². The lowest BCUT2D eigenvalue weighted by atomic mass is 10.0. The van der Waals surface area contributed by atoms with Crippen LogP contribution in [0.4, 0.5) is 10.1 Å². The first-order chi connectivity index (χ1) is 9.54. The van der Waals surface area contributed by atoms with Gasteiger partial charge in [-0.15, -0.1) is 0 Å². The van der Waals surface area contributed by atoms with Crippen molar-refractivity contribution < 1.29 is 14.1 Å². The second-order valence-corrected chi connectivity index (χ2v) is 5.34. The van der Waals surface area contributed by atoms with Gasteiger partial charge in [-0.05, 0) is 17.9 Å². The van der Waals surface area contributed by atoms with E-state index < -0.39 is 16.4 Å². The largest absolute Gasteiger partial charge is 0.338 e. The molecule has 1 amide bonds. The van der Waals surface area contributed by atoms with Crippen molar-refractivity contribution in [3.8, 4) is 0 Å². The maximum absolute atomic E-state index is 13.4. The topological polar surface area (TPSA) is 75.5 Å². The summed E-state index contributed by atoms with van der Waals surface area (Å²) < 4.78 is 13.4. The Morgan fingerprint density at radius 1 is 1.30 bits per heavy atom. The van der Waals surface area contributed by atoms with Gasteiger partial charge in [-0.2, -0.15) is 0 Å². The second kappa shape index (κ2) is 4.82. The molecule has 1 aromatic rings. The number of hydrogen-bond donors (Lipinski definition) is 1. The number of nitrogens with one attached hydrogen (secondary N) is 1. The maximum atomic E-state index is 13.4. The highest BCUT2D eigenvalue weighted by molar-refractivity contribution is 5.95. The maximum Gasteiger partial charge on any atom is 0.273 e. The molecule has 2 aliphatic heterocycles. The van der Waals surface area contributed by atoms with Crippen LogP contribution in [-0.2, 0) is 0 Å². The molecule has 0 saturated carbocycles. The Balaban J connectivity index is 1.82. The van der Waals surface area contributed by atoms with Crippen LogP contribution in [0.25, 0.3) is 0 Å². The van der Waals surface area contributed by atoms with E-state index in [1.165, 1.54) is 0 Å². The lowest BCUT2D eigenvalue weighted by Crippen LogP contribution is -2.31. The highest BCUT2D eigenvalue weighted by atomic mass is 19.1. The van der Waals surface area contributed by atoms with E-state index >= 15 is 0 Å². The number of halogens is 1. The van der Waals surface area contributed by atoms with Crippen molar-refractivity contribution in [2.45, 2.75) is 0 Å². The quantitative estimate of drug-likeness (QED) is 0.648. The molecular weight excluding hydrogens is 265 g/mol. The normalized spacial score (nSPS) is 24.8. The molecule has 0 spiro atoms. The fraction of sp³-hybridized carbons (Fsp3) is 0.462. The molecule has 6 nitrogen and oxygen atoms in total. The van der Waals surface area contributed by atoms with Crippen LogP contribution in [0.2, 0.25) is 0 Å². The van der Waals surface area contributed by atoms with Crippen LogP contribution in [0, 0.1) is 27.8 Å². The number of carbonyl (C=O) groups is 1. The predicted octanol–water partition coefficient (Wildman–Crippen LogP) is 1.03. The highest BCUT2D eigenvalue weighted by Gasteiger charge is 2.38. The van der Waals surface area contributed by atoms with Gasteiger partial charge in [0.2, 0.25) is 0 Å². The number of likely N-dealkylation sites (tertiary alicyclic amines) is 1. The van der Waals surface area contributed by atoms with Gasteiger partial charge in [-0.25, -0.2) is 4.39 Å². The summed E-state index contributed by atoms with van der Waals surface area (Å²) in [6.07, 6.45) is 0. The van der Waals surface area contributed by atoms with E-state index in [4.69, 9.17) is 0 Å². The first-order valence-electron chi connectivity index (χ1n) is 6.49. The van der Waals surface area contributed by atoms with Crippen LogP contribution < -0.4 is 5.32 Å². The lowest BCUT2D eigenvalue weighted by Gasteiger charge is -2.17. The molecule has 106 valence electrons. The van der Waals surface area contributed by atoms with Crippen molar-refractivity contribution in [3.63, 3.8) is 0 Å². The number of nitro benzene ring substituents is 1. The zero-order chi connectivity index (χ0) is 14.3. The van der Waals surface area contributed by atoms with Gasteiger partial charge in [-0.3, -0.25) is 14.9 Å². The monoisotopic (exact) mass is 279 g/mol. The first kappa shape index (κ1) is 13.0. The van der Waals surface area contributed by atoms with E-state index in [1.54, 1.807) is 4.90 Å². The van der Waals surface area contributed by atoms with E-state index in [-0.39, 0.29) is 11.5 Å². The number of nitrogens with zero attached hydrogens (tertiary/aromatic N) is 2. The van der Waals surface area contributed by atoms with E-state index in [9.17, 15) is 19.3 Å². The Hall–Kier alpha value is -2.02. The van der Waals surface area contributed by atoms with Gasteiger partial charge in [0.15, 0.2) is 0 Å². The predicted molar refractivity (Wildman–Crippen MR) is 68.8 cm³/mol. The summed E-state index contributed by atoms with van der Waals surface area (Å²) >= 11 is 0. The molecule has 2 fully saturated rings. The average Bonchev–Trinajstić information content (AvgIpc) is 2.97. The highest BCUT2D eigenvalue weighted by Crippen LogP contribution is 2.28. The number of rotatable bonds is 2. The fourth-order valence-electron chi connectivity index (χ4n) is 3.01. The van der Waals surface area contributed by atoms with Gasteiger partial charge >= 0.3 is 0 Å². The summed E-state index contributed by atoms with van der Waals surface area (Å²) in [5.74, 6) is -0.226. The van der Waals surface area contributed by atoms with E-state index in [2.05, 4.69) is 5.32 Å². The molecule has 2 aliphatic rings. The van der Waals surface area contributed by atoms with Gasteiger partial charge in [0.1, 0.15) is 5.82 Å². The molecule has 1 aromatic carbocycles. The van der Waals surface area contributed by atoms with Gasteiger partial charge < -0.3 is 10.2 Å². The van der Waals surface area contributed by atoms with Gasteiger partial charge in [0.25, 0.3) is 11.6 Å². The number of non-ortho nitro benzene ring substituents is 1. The molecule has 0 radical (unpaired) electrons. The van der Waals surface area contributed by atoms with E-state index in [1.807, 2.05) is 0 Å². The zero-order valence-electron chi connectivity index (χ0n) is 10.7. The van der Waals surface area contributed by atoms with Crippen molar-refractivity contribution >= 4 is 11.6 Å². The average molecular weight is 279 g/mol. The SMILES string of the molecule is O=C(c1cc(F)cc([N+](=O)[O-])c1)N1CC2CNCC2C1. The minimum Gasteiger partial charge on any atom is -0.338 e. The van der Waals surface area contributed by atoms with Crippen LogP contribution in [0.1, 0.15) is 10.4 Å². The third-order valence-corrected chi connectivity index (χ3v) is 4.02. The third-order valence-electron chi connectivity index (χ3n) is 4.02. The summed E-state index contributed by atoms with van der Waals surface area (Å²) in [5, 5.41) is 14.0. The fourth-order valence-corrected chi connectivity index (χ4v) is 3.01. The molecule has 2 heterocycles.